The van der Waals surface area contributed by atoms with Crippen LogP contribution in [0.4, 0.5) is 0 Å². The lowest BCUT2D eigenvalue weighted by atomic mass is 9.98. The summed E-state index contributed by atoms with van der Waals surface area (Å²) < 4.78 is 24.6. The van der Waals surface area contributed by atoms with Crippen LogP contribution >= 0.6 is 24.0 Å². The number of nitrogens with one attached hydrogen (secondary N) is 1. The zero-order valence-corrected chi connectivity index (χ0v) is 17.6. The fourth-order valence-electron chi connectivity index (χ4n) is 2.64. The van der Waals surface area contributed by atoms with Gasteiger partial charge in [-0.25, -0.2) is 12.7 Å². The fourth-order valence-corrected chi connectivity index (χ4v) is 3.52. The molecule has 0 radical (unpaired) electrons. The maximum absolute atomic E-state index is 11.5. The van der Waals surface area contributed by atoms with Gasteiger partial charge in [0.25, 0.3) is 0 Å². The van der Waals surface area contributed by atoms with E-state index in [0.717, 1.165) is 44.7 Å². The maximum atomic E-state index is 11.5. The van der Waals surface area contributed by atoms with Gasteiger partial charge in [0.15, 0.2) is 5.96 Å². The highest BCUT2D eigenvalue weighted by molar-refractivity contribution is 14.0. The molecule has 0 bridgehead atoms. The Morgan fingerprint density at radius 1 is 1.43 bits per heavy atom. The Labute approximate surface area is 158 Å². The zero-order chi connectivity index (χ0) is 16.6. The van der Waals surface area contributed by atoms with Gasteiger partial charge in [-0.05, 0) is 31.6 Å². The number of aliphatic imine (C=N–C) groups is 1. The Morgan fingerprint density at radius 3 is 2.52 bits per heavy atom. The molecule has 1 aliphatic rings. The minimum atomic E-state index is -3.04. The zero-order valence-electron chi connectivity index (χ0n) is 14.5. The summed E-state index contributed by atoms with van der Waals surface area (Å²) in [7, 11) is 0.784. The number of halogens is 1. The molecule has 0 aromatic heterocycles. The van der Waals surface area contributed by atoms with Gasteiger partial charge in [0, 0.05) is 40.3 Å². The normalized spacial score (nSPS) is 17.4. The number of nitrogens with zero attached hydrogens (tertiary/aromatic N) is 3. The van der Waals surface area contributed by atoms with E-state index in [-0.39, 0.29) is 24.0 Å². The quantitative estimate of drug-likeness (QED) is 0.208. The van der Waals surface area contributed by atoms with Crippen LogP contribution < -0.4 is 5.32 Å². The summed E-state index contributed by atoms with van der Waals surface area (Å²) in [5, 5.41) is 3.40. The van der Waals surface area contributed by atoms with Crippen molar-refractivity contribution >= 4 is 40.0 Å². The van der Waals surface area contributed by atoms with Crippen LogP contribution in [0, 0.1) is 5.92 Å². The average molecular weight is 458 g/mol. The lowest BCUT2D eigenvalue weighted by Crippen LogP contribution is -2.44. The third kappa shape index (κ3) is 8.35. The van der Waals surface area contributed by atoms with Crippen molar-refractivity contribution in [2.45, 2.75) is 25.7 Å². The van der Waals surface area contributed by atoms with E-state index >= 15 is 0 Å². The number of hydrogen-bond acceptors (Lipinski definition) is 3. The van der Waals surface area contributed by atoms with E-state index in [1.807, 2.05) is 13.1 Å². The molecule has 23 heavy (non-hydrogen) atoms. The Bertz CT molecular complexity index is 474. The summed E-state index contributed by atoms with van der Waals surface area (Å²) in [4.78, 5) is 6.42. The number of hydrogen-bond donors (Lipinski definition) is 1. The van der Waals surface area contributed by atoms with E-state index in [9.17, 15) is 8.42 Å². The summed E-state index contributed by atoms with van der Waals surface area (Å²) >= 11 is 0. The molecule has 8 heteroatoms. The van der Waals surface area contributed by atoms with Crippen LogP contribution in [0.3, 0.4) is 0 Å². The van der Waals surface area contributed by atoms with Crippen LogP contribution in [0.5, 0.6) is 0 Å². The third-order valence-electron chi connectivity index (χ3n) is 4.07. The van der Waals surface area contributed by atoms with Crippen molar-refractivity contribution in [3.8, 4) is 0 Å². The van der Waals surface area contributed by atoms with Crippen molar-refractivity contribution in [1.82, 2.24) is 14.5 Å². The van der Waals surface area contributed by atoms with Crippen molar-refractivity contribution in [2.24, 2.45) is 10.9 Å². The standard InChI is InChI=1S/C15H30N4O2S.HI/c1-5-6-7-10-18(3)15(16-2)17-13-14-8-11-19(12-9-14)22(4,20)21;/h5,14H,1,6-13H2,2-4H3,(H,16,17);1H. The lowest BCUT2D eigenvalue weighted by Gasteiger charge is -2.31. The molecule has 1 fully saturated rings. The average Bonchev–Trinajstić information content (AvgIpc) is 2.47. The summed E-state index contributed by atoms with van der Waals surface area (Å²) in [5.74, 6) is 1.39. The van der Waals surface area contributed by atoms with E-state index in [1.54, 1.807) is 11.4 Å². The number of unbranched alkanes of at least 4 members (excludes halogenated alkanes) is 1. The van der Waals surface area contributed by atoms with Gasteiger partial charge in [-0.2, -0.15) is 0 Å². The van der Waals surface area contributed by atoms with E-state index in [2.05, 4.69) is 21.8 Å². The molecule has 1 saturated heterocycles. The van der Waals surface area contributed by atoms with Crippen LogP contribution in [-0.4, -0.2) is 70.1 Å². The molecule has 136 valence electrons. The van der Waals surface area contributed by atoms with Gasteiger partial charge in [0.05, 0.1) is 6.26 Å². The van der Waals surface area contributed by atoms with Crippen molar-refractivity contribution in [2.75, 3.05) is 46.5 Å². The molecule has 0 spiro atoms. The van der Waals surface area contributed by atoms with Crippen LogP contribution in [0.15, 0.2) is 17.6 Å². The van der Waals surface area contributed by atoms with Crippen molar-refractivity contribution in [3.05, 3.63) is 12.7 Å². The van der Waals surface area contributed by atoms with Gasteiger partial charge < -0.3 is 10.2 Å². The number of piperidine rings is 1. The molecule has 6 nitrogen and oxygen atoms in total. The van der Waals surface area contributed by atoms with Crippen LogP contribution in [0.2, 0.25) is 0 Å². The molecule has 0 unspecified atom stereocenters. The topological polar surface area (TPSA) is 65.0 Å². The predicted molar refractivity (Wildman–Crippen MR) is 108 cm³/mol. The lowest BCUT2D eigenvalue weighted by molar-refractivity contribution is 0.273. The fraction of sp³-hybridized carbons (Fsp3) is 0.800. The first kappa shape index (κ1) is 22.6. The molecule has 1 heterocycles. The molecule has 0 aromatic carbocycles. The maximum Gasteiger partial charge on any atom is 0.211 e. The Hall–Kier alpha value is -0.350. The molecular weight excluding hydrogens is 427 g/mol. The second-order valence-corrected chi connectivity index (χ2v) is 7.87. The molecule has 0 amide bonds. The number of rotatable bonds is 7. The van der Waals surface area contributed by atoms with E-state index in [1.165, 1.54) is 6.26 Å². The molecule has 1 rings (SSSR count). The SMILES string of the molecule is C=CCCCN(C)C(=NC)NCC1CCN(S(C)(=O)=O)CC1.I. The van der Waals surface area contributed by atoms with Crippen LogP contribution in [-0.2, 0) is 10.0 Å². The van der Waals surface area contributed by atoms with E-state index in [0.29, 0.717) is 19.0 Å². The number of sulfonamides is 1. The Balaban J connectivity index is 0.00000484. The Kier molecular flexibility index (Phi) is 11.1. The molecular formula is C15H31IN4O2S. The summed E-state index contributed by atoms with van der Waals surface area (Å²) in [6.45, 7) is 6.77. The van der Waals surface area contributed by atoms with Gasteiger partial charge in [-0.1, -0.05) is 6.08 Å². The van der Waals surface area contributed by atoms with Crippen LogP contribution in [0.25, 0.3) is 0 Å². The molecule has 0 atom stereocenters. The van der Waals surface area contributed by atoms with Gasteiger partial charge in [-0.3, -0.25) is 4.99 Å². The predicted octanol–water partition coefficient (Wildman–Crippen LogP) is 1.75. The van der Waals surface area contributed by atoms with Crippen LogP contribution in [0.1, 0.15) is 25.7 Å². The summed E-state index contributed by atoms with van der Waals surface area (Å²) in [6.07, 6.45) is 7.08. The Morgan fingerprint density at radius 2 is 2.04 bits per heavy atom. The molecule has 0 aliphatic carbocycles. The second kappa shape index (κ2) is 11.2. The highest BCUT2D eigenvalue weighted by atomic mass is 127. The van der Waals surface area contributed by atoms with Gasteiger partial charge in [0.1, 0.15) is 0 Å². The first-order valence-electron chi connectivity index (χ1n) is 7.86. The minimum Gasteiger partial charge on any atom is -0.356 e. The van der Waals surface area contributed by atoms with Crippen molar-refractivity contribution in [1.29, 1.82) is 0 Å². The van der Waals surface area contributed by atoms with E-state index in [4.69, 9.17) is 0 Å². The second-order valence-electron chi connectivity index (χ2n) is 5.89. The third-order valence-corrected chi connectivity index (χ3v) is 5.37. The molecule has 0 aromatic rings. The van der Waals surface area contributed by atoms with Crippen molar-refractivity contribution in [3.63, 3.8) is 0 Å². The number of guanidine groups is 1. The highest BCUT2D eigenvalue weighted by Gasteiger charge is 2.24. The number of allylic oxidation sites excluding steroid dienone is 1. The molecule has 1 aliphatic heterocycles. The van der Waals surface area contributed by atoms with Crippen molar-refractivity contribution < 1.29 is 8.42 Å². The monoisotopic (exact) mass is 458 g/mol. The molecule has 1 N–H and O–H groups in total. The summed E-state index contributed by atoms with van der Waals surface area (Å²) in [6, 6.07) is 0. The van der Waals surface area contributed by atoms with Gasteiger partial charge in [-0.15, -0.1) is 30.6 Å². The first-order valence-corrected chi connectivity index (χ1v) is 9.71. The summed E-state index contributed by atoms with van der Waals surface area (Å²) in [5.41, 5.74) is 0. The first-order chi connectivity index (χ1) is 10.4. The smallest absolute Gasteiger partial charge is 0.211 e. The highest BCUT2D eigenvalue weighted by Crippen LogP contribution is 2.18. The minimum absolute atomic E-state index is 0. The van der Waals surface area contributed by atoms with Gasteiger partial charge in [0.2, 0.25) is 10.0 Å². The van der Waals surface area contributed by atoms with E-state index < -0.39 is 10.0 Å². The molecule has 0 saturated carbocycles. The largest absolute Gasteiger partial charge is 0.356 e. The van der Waals surface area contributed by atoms with Gasteiger partial charge >= 0.3 is 0 Å².